The molecule has 3 aromatic carbocycles. The van der Waals surface area contributed by atoms with Gasteiger partial charge in [0.2, 0.25) is 5.91 Å². The summed E-state index contributed by atoms with van der Waals surface area (Å²) < 4.78 is 10.5. The lowest BCUT2D eigenvalue weighted by atomic mass is 10.1. The molecule has 0 saturated heterocycles. The van der Waals surface area contributed by atoms with Gasteiger partial charge in [-0.25, -0.2) is 0 Å². The summed E-state index contributed by atoms with van der Waals surface area (Å²) in [5.41, 5.74) is 0.516. The number of methoxy groups -OCH3 is 2. The minimum Gasteiger partial charge on any atom is -0.495 e. The predicted octanol–water partition coefficient (Wildman–Crippen LogP) is 5.24. The Morgan fingerprint density at radius 3 is 2.54 bits per heavy atom. The fraction of sp³-hybridized carbons (Fsp3) is 0.150. The Hall–Kier alpha value is -2.37. The number of benzene rings is 3. The number of rotatable bonds is 6. The van der Waals surface area contributed by atoms with E-state index in [2.05, 4.69) is 23.5 Å². The van der Waals surface area contributed by atoms with Gasteiger partial charge in [0.05, 0.1) is 30.7 Å². The standard InChI is InChI=1S/C20H18ClNO3S/c1-24-17-11-18(25-2)16(10-15(17)21)22-20(23)12-26-19-9-5-7-13-6-3-4-8-14(13)19/h3-11H,12H2,1-2H3,(H,22,23). The van der Waals surface area contributed by atoms with E-state index in [1.165, 1.54) is 26.0 Å². The van der Waals surface area contributed by atoms with E-state index in [1.54, 1.807) is 12.1 Å². The van der Waals surface area contributed by atoms with Crippen LogP contribution in [-0.4, -0.2) is 25.9 Å². The van der Waals surface area contributed by atoms with Crippen molar-refractivity contribution in [3.05, 3.63) is 59.6 Å². The van der Waals surface area contributed by atoms with Gasteiger partial charge in [-0.2, -0.15) is 0 Å². The van der Waals surface area contributed by atoms with Crippen LogP contribution in [-0.2, 0) is 4.79 Å². The van der Waals surface area contributed by atoms with Crippen molar-refractivity contribution in [1.29, 1.82) is 0 Å². The minimum absolute atomic E-state index is 0.137. The summed E-state index contributed by atoms with van der Waals surface area (Å²) in [6, 6.07) is 17.5. The van der Waals surface area contributed by atoms with Crippen LogP contribution < -0.4 is 14.8 Å². The fourth-order valence-electron chi connectivity index (χ4n) is 2.61. The van der Waals surface area contributed by atoms with Gasteiger partial charge in [0.1, 0.15) is 11.5 Å². The monoisotopic (exact) mass is 387 g/mol. The van der Waals surface area contributed by atoms with Gasteiger partial charge >= 0.3 is 0 Å². The van der Waals surface area contributed by atoms with Crippen LogP contribution in [0.2, 0.25) is 5.02 Å². The van der Waals surface area contributed by atoms with E-state index in [4.69, 9.17) is 21.1 Å². The maximum Gasteiger partial charge on any atom is 0.234 e. The molecule has 0 saturated carbocycles. The highest BCUT2D eigenvalue weighted by Gasteiger charge is 2.13. The van der Waals surface area contributed by atoms with Gasteiger partial charge in [0, 0.05) is 11.0 Å². The van der Waals surface area contributed by atoms with Crippen molar-refractivity contribution in [2.24, 2.45) is 0 Å². The summed E-state index contributed by atoms with van der Waals surface area (Å²) >= 11 is 7.64. The number of halogens is 1. The predicted molar refractivity (Wildman–Crippen MR) is 108 cm³/mol. The third-order valence-electron chi connectivity index (χ3n) is 3.86. The van der Waals surface area contributed by atoms with Crippen LogP contribution in [0.5, 0.6) is 11.5 Å². The molecule has 3 aromatic rings. The summed E-state index contributed by atoms with van der Waals surface area (Å²) in [6.07, 6.45) is 0. The average molecular weight is 388 g/mol. The number of amides is 1. The molecule has 0 aromatic heterocycles. The van der Waals surface area contributed by atoms with E-state index in [-0.39, 0.29) is 11.7 Å². The van der Waals surface area contributed by atoms with Crippen molar-refractivity contribution in [1.82, 2.24) is 0 Å². The largest absolute Gasteiger partial charge is 0.495 e. The Balaban J connectivity index is 1.72. The molecule has 3 rings (SSSR count). The third kappa shape index (κ3) is 4.06. The molecule has 6 heteroatoms. The first-order chi connectivity index (χ1) is 12.6. The average Bonchev–Trinajstić information content (AvgIpc) is 2.66. The van der Waals surface area contributed by atoms with Crippen LogP contribution >= 0.6 is 23.4 Å². The molecule has 0 unspecified atom stereocenters. The van der Waals surface area contributed by atoms with Crippen molar-refractivity contribution >= 4 is 45.7 Å². The van der Waals surface area contributed by atoms with Crippen LogP contribution in [0.4, 0.5) is 5.69 Å². The van der Waals surface area contributed by atoms with Gasteiger partial charge in [-0.05, 0) is 22.9 Å². The van der Waals surface area contributed by atoms with Gasteiger partial charge in [0.15, 0.2) is 0 Å². The lowest BCUT2D eigenvalue weighted by molar-refractivity contribution is -0.113. The van der Waals surface area contributed by atoms with Crippen LogP contribution in [0.3, 0.4) is 0 Å². The molecule has 0 heterocycles. The summed E-state index contributed by atoms with van der Waals surface area (Å²) in [5.74, 6) is 1.13. The van der Waals surface area contributed by atoms with E-state index >= 15 is 0 Å². The number of nitrogens with one attached hydrogen (secondary N) is 1. The van der Waals surface area contributed by atoms with Gasteiger partial charge in [-0.1, -0.05) is 48.0 Å². The van der Waals surface area contributed by atoms with Crippen LogP contribution in [0.25, 0.3) is 10.8 Å². The molecule has 1 amide bonds. The SMILES string of the molecule is COc1cc(OC)c(NC(=O)CSc2cccc3ccccc23)cc1Cl. The smallest absolute Gasteiger partial charge is 0.234 e. The van der Waals surface area contributed by atoms with Crippen molar-refractivity contribution in [3.63, 3.8) is 0 Å². The van der Waals surface area contributed by atoms with E-state index in [0.717, 1.165) is 15.7 Å². The van der Waals surface area contributed by atoms with E-state index in [9.17, 15) is 4.79 Å². The number of carbonyl (C=O) groups is 1. The Morgan fingerprint density at radius 1 is 1.04 bits per heavy atom. The highest BCUT2D eigenvalue weighted by atomic mass is 35.5. The Bertz CT molecular complexity index is 940. The molecule has 0 aliphatic heterocycles. The minimum atomic E-state index is -0.137. The maximum absolute atomic E-state index is 12.4. The molecule has 0 radical (unpaired) electrons. The van der Waals surface area contributed by atoms with Gasteiger partial charge in [-0.3, -0.25) is 4.79 Å². The Kier molecular flexibility index (Phi) is 5.91. The molecule has 1 N–H and O–H groups in total. The van der Waals surface area contributed by atoms with Crippen LogP contribution in [0.15, 0.2) is 59.5 Å². The molecular weight excluding hydrogens is 370 g/mol. The molecular formula is C20H18ClNO3S. The molecule has 0 bridgehead atoms. The van der Waals surface area contributed by atoms with E-state index in [0.29, 0.717) is 22.2 Å². The molecule has 4 nitrogen and oxygen atoms in total. The third-order valence-corrected chi connectivity index (χ3v) is 5.23. The quantitative estimate of drug-likeness (QED) is 0.587. The summed E-state index contributed by atoms with van der Waals surface area (Å²) in [7, 11) is 3.06. The number of thioether (sulfide) groups is 1. The summed E-state index contributed by atoms with van der Waals surface area (Å²) in [4.78, 5) is 13.5. The molecule has 0 aliphatic rings. The summed E-state index contributed by atoms with van der Waals surface area (Å²) in [5, 5.41) is 5.55. The van der Waals surface area contributed by atoms with Crippen LogP contribution in [0, 0.1) is 0 Å². The Morgan fingerprint density at radius 2 is 1.77 bits per heavy atom. The first-order valence-corrected chi connectivity index (χ1v) is 9.30. The van der Waals surface area contributed by atoms with Crippen molar-refractivity contribution in [2.75, 3.05) is 25.3 Å². The molecule has 0 spiro atoms. The topological polar surface area (TPSA) is 47.6 Å². The van der Waals surface area contributed by atoms with E-state index in [1.807, 2.05) is 24.3 Å². The second kappa shape index (κ2) is 8.34. The second-order valence-corrected chi connectivity index (χ2v) is 6.93. The van der Waals surface area contributed by atoms with Crippen molar-refractivity contribution in [3.8, 4) is 11.5 Å². The number of hydrogen-bond acceptors (Lipinski definition) is 4. The lowest BCUT2D eigenvalue weighted by Crippen LogP contribution is -2.14. The van der Waals surface area contributed by atoms with Crippen LogP contribution in [0.1, 0.15) is 0 Å². The van der Waals surface area contributed by atoms with E-state index < -0.39 is 0 Å². The zero-order valence-electron chi connectivity index (χ0n) is 14.4. The number of ether oxygens (including phenoxy) is 2. The number of carbonyl (C=O) groups excluding carboxylic acids is 1. The van der Waals surface area contributed by atoms with Crippen molar-refractivity contribution < 1.29 is 14.3 Å². The molecule has 0 atom stereocenters. The highest BCUT2D eigenvalue weighted by molar-refractivity contribution is 8.00. The summed E-state index contributed by atoms with van der Waals surface area (Å²) in [6.45, 7) is 0. The Labute approximate surface area is 161 Å². The first kappa shape index (κ1) is 18.4. The zero-order valence-corrected chi connectivity index (χ0v) is 16.0. The highest BCUT2D eigenvalue weighted by Crippen LogP contribution is 2.36. The number of hydrogen-bond donors (Lipinski definition) is 1. The van der Waals surface area contributed by atoms with Gasteiger partial charge < -0.3 is 14.8 Å². The fourth-order valence-corrected chi connectivity index (χ4v) is 3.72. The molecule has 26 heavy (non-hydrogen) atoms. The second-order valence-electron chi connectivity index (χ2n) is 5.50. The van der Waals surface area contributed by atoms with Gasteiger partial charge in [-0.15, -0.1) is 11.8 Å². The number of anilines is 1. The van der Waals surface area contributed by atoms with Gasteiger partial charge in [0.25, 0.3) is 0 Å². The lowest BCUT2D eigenvalue weighted by Gasteiger charge is -2.13. The molecule has 0 fully saturated rings. The molecule has 134 valence electrons. The zero-order chi connectivity index (χ0) is 18.5. The van der Waals surface area contributed by atoms with Crippen molar-refractivity contribution in [2.45, 2.75) is 4.90 Å². The maximum atomic E-state index is 12.4. The number of fused-ring (bicyclic) bond motifs is 1. The normalized spacial score (nSPS) is 10.6. The molecule has 0 aliphatic carbocycles. The first-order valence-electron chi connectivity index (χ1n) is 7.94.